The molecule has 148 valence electrons. The molecule has 7 heteroatoms. The highest BCUT2D eigenvalue weighted by molar-refractivity contribution is 5.93. The van der Waals surface area contributed by atoms with E-state index in [0.29, 0.717) is 27.9 Å². The zero-order valence-electron chi connectivity index (χ0n) is 16.7. The average Bonchev–Trinajstić information content (AvgIpc) is 3.13. The summed E-state index contributed by atoms with van der Waals surface area (Å²) in [5, 5.41) is 4.76. The van der Waals surface area contributed by atoms with Gasteiger partial charge in [0, 0.05) is 23.7 Å². The molecule has 0 spiro atoms. The summed E-state index contributed by atoms with van der Waals surface area (Å²) in [5.41, 5.74) is 1.75. The molecular formula is C21H24FN3O3. The molecule has 3 aromatic rings. The Morgan fingerprint density at radius 2 is 1.89 bits per heavy atom. The SMILES string of the molecule is Cc1cc(C)n(C(=O)[C@H](F)Cc2cn(C(=O)OC(C)(C)C)c3ccccc23)n1. The topological polar surface area (TPSA) is 66.1 Å². The summed E-state index contributed by atoms with van der Waals surface area (Å²) in [6.45, 7) is 8.80. The molecule has 0 N–H and O–H groups in total. The first kappa shape index (κ1) is 19.8. The number of carbonyl (C=O) groups is 2. The number of ether oxygens (including phenoxy) is 1. The van der Waals surface area contributed by atoms with Crippen LogP contribution in [-0.4, -0.2) is 38.1 Å². The molecule has 1 aromatic carbocycles. The summed E-state index contributed by atoms with van der Waals surface area (Å²) in [6.07, 6.45) is -0.945. The molecule has 0 bridgehead atoms. The number of carbonyl (C=O) groups excluding carboxylic acids is 2. The molecule has 0 saturated heterocycles. The van der Waals surface area contributed by atoms with Gasteiger partial charge in [-0.1, -0.05) is 18.2 Å². The van der Waals surface area contributed by atoms with E-state index in [9.17, 15) is 14.0 Å². The third kappa shape index (κ3) is 3.98. The molecule has 1 atom stereocenters. The van der Waals surface area contributed by atoms with Crippen LogP contribution in [0, 0.1) is 13.8 Å². The van der Waals surface area contributed by atoms with Crippen molar-refractivity contribution in [3.8, 4) is 0 Å². The smallest absolute Gasteiger partial charge is 0.419 e. The molecule has 0 aliphatic rings. The molecule has 0 aliphatic heterocycles. The van der Waals surface area contributed by atoms with Crippen LogP contribution in [0.2, 0.25) is 0 Å². The molecule has 2 heterocycles. The summed E-state index contributed by atoms with van der Waals surface area (Å²) in [4.78, 5) is 25.0. The Labute approximate surface area is 162 Å². The van der Waals surface area contributed by atoms with Gasteiger partial charge < -0.3 is 4.74 Å². The van der Waals surface area contributed by atoms with Crippen LogP contribution in [0.15, 0.2) is 36.5 Å². The summed E-state index contributed by atoms with van der Waals surface area (Å²) in [5.74, 6) is -0.723. The first-order chi connectivity index (χ1) is 13.1. The van der Waals surface area contributed by atoms with Crippen LogP contribution in [0.4, 0.5) is 9.18 Å². The second-order valence-corrected chi connectivity index (χ2v) is 7.87. The van der Waals surface area contributed by atoms with E-state index < -0.39 is 23.8 Å². The second kappa shape index (κ2) is 7.22. The van der Waals surface area contributed by atoms with Gasteiger partial charge in [-0.2, -0.15) is 5.10 Å². The molecule has 2 aromatic heterocycles. The van der Waals surface area contributed by atoms with E-state index in [1.807, 2.05) is 0 Å². The van der Waals surface area contributed by atoms with E-state index >= 15 is 0 Å². The number of nitrogens with zero attached hydrogens (tertiary/aromatic N) is 3. The summed E-state index contributed by atoms with van der Waals surface area (Å²) < 4.78 is 22.7. The van der Waals surface area contributed by atoms with Crippen LogP contribution < -0.4 is 0 Å². The van der Waals surface area contributed by atoms with Gasteiger partial charge in [0.2, 0.25) is 0 Å². The maximum absolute atomic E-state index is 14.8. The van der Waals surface area contributed by atoms with Crippen LogP contribution in [-0.2, 0) is 11.2 Å². The number of hydrogen-bond donors (Lipinski definition) is 0. The largest absolute Gasteiger partial charge is 0.443 e. The van der Waals surface area contributed by atoms with Crippen molar-refractivity contribution in [2.45, 2.75) is 52.8 Å². The lowest BCUT2D eigenvalue weighted by atomic mass is 10.1. The van der Waals surface area contributed by atoms with Gasteiger partial charge in [-0.15, -0.1) is 0 Å². The number of hydrogen-bond acceptors (Lipinski definition) is 4. The Morgan fingerprint density at radius 1 is 1.21 bits per heavy atom. The van der Waals surface area contributed by atoms with Crippen molar-refractivity contribution >= 4 is 22.9 Å². The molecule has 0 unspecified atom stereocenters. The standard InChI is InChI=1S/C21H24FN3O3/c1-13-10-14(2)25(23-13)19(26)17(22)11-15-12-24(20(27)28-21(3,4)5)18-9-7-6-8-16(15)18/h6-10,12,17H,11H2,1-5H3/t17-/m1/s1. The van der Waals surface area contributed by atoms with Crippen LogP contribution >= 0.6 is 0 Å². The second-order valence-electron chi connectivity index (χ2n) is 7.87. The van der Waals surface area contributed by atoms with E-state index in [0.717, 1.165) is 4.68 Å². The zero-order valence-corrected chi connectivity index (χ0v) is 16.7. The summed E-state index contributed by atoms with van der Waals surface area (Å²) >= 11 is 0. The van der Waals surface area contributed by atoms with Crippen LogP contribution in [0.25, 0.3) is 10.9 Å². The number of aryl methyl sites for hydroxylation is 2. The lowest BCUT2D eigenvalue weighted by molar-refractivity contribution is 0.0544. The number of alkyl halides is 1. The zero-order chi connectivity index (χ0) is 20.6. The molecular weight excluding hydrogens is 361 g/mol. The van der Waals surface area contributed by atoms with Gasteiger partial charge in [-0.3, -0.25) is 9.36 Å². The lowest BCUT2D eigenvalue weighted by Gasteiger charge is -2.19. The van der Waals surface area contributed by atoms with Crippen molar-refractivity contribution < 1.29 is 18.7 Å². The molecule has 0 radical (unpaired) electrons. The number of aromatic nitrogens is 3. The number of halogens is 1. The van der Waals surface area contributed by atoms with Gasteiger partial charge >= 0.3 is 6.09 Å². The maximum atomic E-state index is 14.8. The number of fused-ring (bicyclic) bond motifs is 1. The van der Waals surface area contributed by atoms with Crippen molar-refractivity contribution in [3.05, 3.63) is 53.5 Å². The Hall–Kier alpha value is -2.96. The highest BCUT2D eigenvalue weighted by Crippen LogP contribution is 2.25. The molecule has 6 nitrogen and oxygen atoms in total. The van der Waals surface area contributed by atoms with Gasteiger partial charge in [0.25, 0.3) is 5.91 Å². The van der Waals surface area contributed by atoms with Crippen LogP contribution in [0.1, 0.15) is 42.5 Å². The Morgan fingerprint density at radius 3 is 2.50 bits per heavy atom. The molecule has 3 rings (SSSR count). The molecule has 0 amide bonds. The highest BCUT2D eigenvalue weighted by Gasteiger charge is 2.26. The Balaban J connectivity index is 1.92. The number of rotatable bonds is 3. The fourth-order valence-corrected chi connectivity index (χ4v) is 3.14. The minimum Gasteiger partial charge on any atom is -0.443 e. The quantitative estimate of drug-likeness (QED) is 0.668. The monoisotopic (exact) mass is 385 g/mol. The average molecular weight is 385 g/mol. The number of para-hydroxylation sites is 1. The molecule has 0 aliphatic carbocycles. The van der Waals surface area contributed by atoms with Gasteiger partial charge in [-0.05, 0) is 52.3 Å². The minimum absolute atomic E-state index is 0.159. The van der Waals surface area contributed by atoms with E-state index in [4.69, 9.17) is 4.74 Å². The fraction of sp³-hybridized carbons (Fsp3) is 0.381. The molecule has 28 heavy (non-hydrogen) atoms. The fourth-order valence-electron chi connectivity index (χ4n) is 3.14. The van der Waals surface area contributed by atoms with E-state index in [1.165, 1.54) is 4.57 Å². The Bertz CT molecular complexity index is 1040. The van der Waals surface area contributed by atoms with Gasteiger partial charge in [0.05, 0.1) is 11.2 Å². The third-order valence-electron chi connectivity index (χ3n) is 4.27. The van der Waals surface area contributed by atoms with Crippen molar-refractivity contribution in [2.75, 3.05) is 0 Å². The summed E-state index contributed by atoms with van der Waals surface area (Å²) in [6, 6.07) is 8.88. The van der Waals surface area contributed by atoms with Crippen LogP contribution in [0.3, 0.4) is 0 Å². The Kier molecular flexibility index (Phi) is 5.10. The summed E-state index contributed by atoms with van der Waals surface area (Å²) in [7, 11) is 0. The van der Waals surface area contributed by atoms with Gasteiger partial charge in [0.1, 0.15) is 5.60 Å². The predicted octanol–water partition coefficient (Wildman–Crippen LogP) is 4.46. The van der Waals surface area contributed by atoms with Crippen molar-refractivity contribution in [2.24, 2.45) is 0 Å². The first-order valence-electron chi connectivity index (χ1n) is 9.10. The molecule has 0 fully saturated rings. The minimum atomic E-state index is -1.78. The van der Waals surface area contributed by atoms with E-state index in [1.54, 1.807) is 71.1 Å². The number of benzene rings is 1. The normalized spacial score (nSPS) is 12.9. The predicted molar refractivity (Wildman–Crippen MR) is 104 cm³/mol. The highest BCUT2D eigenvalue weighted by atomic mass is 19.1. The van der Waals surface area contributed by atoms with Crippen molar-refractivity contribution in [1.82, 2.24) is 14.3 Å². The van der Waals surface area contributed by atoms with Crippen LogP contribution in [0.5, 0.6) is 0 Å². The first-order valence-corrected chi connectivity index (χ1v) is 9.10. The van der Waals surface area contributed by atoms with Crippen molar-refractivity contribution in [1.29, 1.82) is 0 Å². The third-order valence-corrected chi connectivity index (χ3v) is 4.27. The van der Waals surface area contributed by atoms with E-state index in [-0.39, 0.29) is 6.42 Å². The van der Waals surface area contributed by atoms with Crippen molar-refractivity contribution in [3.63, 3.8) is 0 Å². The van der Waals surface area contributed by atoms with Gasteiger partial charge in [0.15, 0.2) is 6.17 Å². The van der Waals surface area contributed by atoms with E-state index in [2.05, 4.69) is 5.10 Å². The van der Waals surface area contributed by atoms with Gasteiger partial charge in [-0.25, -0.2) is 13.9 Å². The molecule has 0 saturated carbocycles. The lowest BCUT2D eigenvalue weighted by Crippen LogP contribution is -2.27. The maximum Gasteiger partial charge on any atom is 0.419 e.